The van der Waals surface area contributed by atoms with Gasteiger partial charge in [0.05, 0.1) is 12.0 Å². The number of nitrogens with zero attached hydrogens (tertiary/aromatic N) is 2. The second-order valence-corrected chi connectivity index (χ2v) is 3.88. The maximum atomic E-state index is 5.39. The minimum absolute atomic E-state index is 0.820. The minimum atomic E-state index is 0.820. The van der Waals surface area contributed by atoms with E-state index in [0.717, 1.165) is 22.8 Å². The van der Waals surface area contributed by atoms with Crippen LogP contribution in [0.3, 0.4) is 0 Å². The third-order valence-electron chi connectivity index (χ3n) is 2.82. The highest BCUT2D eigenvalue weighted by Gasteiger charge is 2.12. The Morgan fingerprint density at radius 3 is 2.69 bits per heavy atom. The number of rotatable bonds is 1. The highest BCUT2D eigenvalue weighted by Crippen LogP contribution is 2.24. The van der Waals surface area contributed by atoms with Crippen LogP contribution in [0.25, 0.3) is 17.1 Å². The molecule has 0 radical (unpaired) electrons. The summed E-state index contributed by atoms with van der Waals surface area (Å²) < 4.78 is 7.53. The first kappa shape index (κ1) is 9.21. The summed E-state index contributed by atoms with van der Waals surface area (Å²) in [4.78, 5) is 4.58. The molecule has 0 saturated carbocycles. The molecule has 0 aliphatic carbocycles. The van der Waals surface area contributed by atoms with Gasteiger partial charge in [-0.2, -0.15) is 0 Å². The lowest BCUT2D eigenvalue weighted by Crippen LogP contribution is -1.92. The van der Waals surface area contributed by atoms with E-state index in [9.17, 15) is 0 Å². The molecule has 0 fully saturated rings. The normalized spacial score (nSPS) is 11.1. The van der Waals surface area contributed by atoms with Crippen molar-refractivity contribution in [1.29, 1.82) is 0 Å². The van der Waals surface area contributed by atoms with Crippen LogP contribution < -0.4 is 0 Å². The molecule has 0 saturated heterocycles. The van der Waals surface area contributed by atoms with Crippen LogP contribution in [0.15, 0.2) is 41.0 Å². The average molecular weight is 212 g/mol. The first-order valence-electron chi connectivity index (χ1n) is 5.26. The fraction of sp³-hybridized carbons (Fsp3) is 0.154. The third-order valence-corrected chi connectivity index (χ3v) is 2.82. The second kappa shape index (κ2) is 3.23. The van der Waals surface area contributed by atoms with E-state index in [-0.39, 0.29) is 0 Å². The van der Waals surface area contributed by atoms with Crippen molar-refractivity contribution < 1.29 is 4.42 Å². The number of imidazole rings is 1. The van der Waals surface area contributed by atoms with Crippen molar-refractivity contribution in [3.63, 3.8) is 0 Å². The predicted molar refractivity (Wildman–Crippen MR) is 62.4 cm³/mol. The topological polar surface area (TPSA) is 30.4 Å². The summed E-state index contributed by atoms with van der Waals surface area (Å²) in [5.41, 5.74) is 4.17. The van der Waals surface area contributed by atoms with Crippen molar-refractivity contribution in [2.75, 3.05) is 0 Å². The fourth-order valence-electron chi connectivity index (χ4n) is 2.07. The van der Waals surface area contributed by atoms with Gasteiger partial charge in [0.1, 0.15) is 11.3 Å². The number of aromatic nitrogens is 2. The summed E-state index contributed by atoms with van der Waals surface area (Å²) in [6.07, 6.45) is 1.67. The molecule has 0 N–H and O–H groups in total. The van der Waals surface area contributed by atoms with Gasteiger partial charge in [-0.15, -0.1) is 0 Å². The zero-order chi connectivity index (χ0) is 11.1. The first-order chi connectivity index (χ1) is 7.77. The number of hydrogen-bond acceptors (Lipinski definition) is 2. The van der Waals surface area contributed by atoms with Gasteiger partial charge in [-0.25, -0.2) is 4.98 Å². The monoisotopic (exact) mass is 212 g/mol. The van der Waals surface area contributed by atoms with Gasteiger partial charge in [-0.1, -0.05) is 6.07 Å². The van der Waals surface area contributed by atoms with Crippen molar-refractivity contribution in [2.24, 2.45) is 0 Å². The molecule has 0 atom stereocenters. The van der Waals surface area contributed by atoms with Crippen molar-refractivity contribution in [1.82, 2.24) is 9.38 Å². The smallest absolute Gasteiger partial charge is 0.154 e. The number of aryl methyl sites for hydroxylation is 2. The summed E-state index contributed by atoms with van der Waals surface area (Å²) >= 11 is 0. The molecule has 3 aromatic heterocycles. The van der Waals surface area contributed by atoms with Gasteiger partial charge in [0.2, 0.25) is 0 Å². The molecule has 80 valence electrons. The summed E-state index contributed by atoms with van der Waals surface area (Å²) in [6, 6.07) is 9.92. The molecule has 0 aliphatic rings. The highest BCUT2D eigenvalue weighted by atomic mass is 16.3. The van der Waals surface area contributed by atoms with Crippen LogP contribution in [-0.2, 0) is 0 Å². The van der Waals surface area contributed by atoms with Gasteiger partial charge in [0.25, 0.3) is 0 Å². The molecule has 16 heavy (non-hydrogen) atoms. The Kier molecular flexibility index (Phi) is 1.86. The molecule has 0 amide bonds. The molecule has 0 aromatic carbocycles. The number of furan rings is 1. The zero-order valence-corrected chi connectivity index (χ0v) is 9.27. The summed E-state index contributed by atoms with van der Waals surface area (Å²) in [5.74, 6) is 0.820. The van der Waals surface area contributed by atoms with Gasteiger partial charge >= 0.3 is 0 Å². The standard InChI is InChI=1S/C13H12N2O/c1-9-5-3-7-12-14-13(10(2)15(9)12)11-6-4-8-16-11/h3-8H,1-2H3. The summed E-state index contributed by atoms with van der Waals surface area (Å²) in [7, 11) is 0. The van der Waals surface area contributed by atoms with Gasteiger partial charge in [-0.05, 0) is 38.1 Å². The lowest BCUT2D eigenvalue weighted by molar-refractivity contribution is 0.580. The van der Waals surface area contributed by atoms with Gasteiger partial charge < -0.3 is 8.82 Å². The van der Waals surface area contributed by atoms with E-state index in [1.165, 1.54) is 5.69 Å². The van der Waals surface area contributed by atoms with E-state index in [1.54, 1.807) is 6.26 Å². The summed E-state index contributed by atoms with van der Waals surface area (Å²) in [5, 5.41) is 0. The summed E-state index contributed by atoms with van der Waals surface area (Å²) in [6.45, 7) is 4.14. The number of fused-ring (bicyclic) bond motifs is 1. The van der Waals surface area contributed by atoms with Crippen LogP contribution in [0.4, 0.5) is 0 Å². The van der Waals surface area contributed by atoms with Crippen LogP contribution in [0.5, 0.6) is 0 Å². The highest BCUT2D eigenvalue weighted by molar-refractivity contribution is 5.62. The van der Waals surface area contributed by atoms with Gasteiger partial charge in [0, 0.05) is 5.69 Å². The predicted octanol–water partition coefficient (Wildman–Crippen LogP) is 3.21. The van der Waals surface area contributed by atoms with E-state index >= 15 is 0 Å². The fourth-order valence-corrected chi connectivity index (χ4v) is 2.07. The van der Waals surface area contributed by atoms with Crippen LogP contribution in [0, 0.1) is 13.8 Å². The molecule has 3 heterocycles. The molecular formula is C13H12N2O. The van der Waals surface area contributed by atoms with Crippen LogP contribution in [0.2, 0.25) is 0 Å². The van der Waals surface area contributed by atoms with E-state index in [1.807, 2.05) is 24.3 Å². The van der Waals surface area contributed by atoms with Crippen LogP contribution in [-0.4, -0.2) is 9.38 Å². The lowest BCUT2D eigenvalue weighted by atomic mass is 10.3. The first-order valence-corrected chi connectivity index (χ1v) is 5.26. The van der Waals surface area contributed by atoms with Crippen molar-refractivity contribution in [3.05, 3.63) is 48.0 Å². The Morgan fingerprint density at radius 1 is 1.12 bits per heavy atom. The Bertz CT molecular complexity index is 635. The Morgan fingerprint density at radius 2 is 2.00 bits per heavy atom. The van der Waals surface area contributed by atoms with Gasteiger partial charge in [0.15, 0.2) is 5.76 Å². The van der Waals surface area contributed by atoms with Crippen LogP contribution >= 0.6 is 0 Å². The Hall–Kier alpha value is -2.03. The van der Waals surface area contributed by atoms with E-state index in [0.29, 0.717) is 0 Å². The van der Waals surface area contributed by atoms with Crippen molar-refractivity contribution in [2.45, 2.75) is 13.8 Å². The maximum Gasteiger partial charge on any atom is 0.154 e. The molecule has 0 unspecified atom stereocenters. The van der Waals surface area contributed by atoms with Gasteiger partial charge in [-0.3, -0.25) is 0 Å². The molecule has 0 bridgehead atoms. The van der Waals surface area contributed by atoms with Crippen LogP contribution in [0.1, 0.15) is 11.4 Å². The number of pyridine rings is 1. The lowest BCUT2D eigenvalue weighted by Gasteiger charge is -2.00. The molecule has 3 heteroatoms. The minimum Gasteiger partial charge on any atom is -0.463 e. The Labute approximate surface area is 93.4 Å². The van der Waals surface area contributed by atoms with Crippen molar-refractivity contribution >= 4 is 5.65 Å². The van der Waals surface area contributed by atoms with E-state index < -0.39 is 0 Å². The maximum absolute atomic E-state index is 5.39. The van der Waals surface area contributed by atoms with E-state index in [2.05, 4.69) is 29.3 Å². The molecule has 3 nitrogen and oxygen atoms in total. The SMILES string of the molecule is Cc1cccc2nc(-c3ccco3)c(C)n12. The third kappa shape index (κ3) is 1.18. The molecule has 3 aromatic rings. The second-order valence-electron chi connectivity index (χ2n) is 3.88. The quantitative estimate of drug-likeness (QED) is 0.620. The zero-order valence-electron chi connectivity index (χ0n) is 9.27. The Balaban J connectivity index is 2.36. The molecular weight excluding hydrogens is 200 g/mol. The molecule has 0 aliphatic heterocycles. The van der Waals surface area contributed by atoms with Crippen molar-refractivity contribution in [3.8, 4) is 11.5 Å². The number of hydrogen-bond donors (Lipinski definition) is 0. The molecule has 0 spiro atoms. The van der Waals surface area contributed by atoms with E-state index in [4.69, 9.17) is 4.42 Å². The molecule has 3 rings (SSSR count). The largest absolute Gasteiger partial charge is 0.463 e. The average Bonchev–Trinajstić information content (AvgIpc) is 2.86.